The molecule has 3 heteroatoms. The van der Waals surface area contributed by atoms with Crippen molar-refractivity contribution in [1.29, 1.82) is 0 Å². The van der Waals surface area contributed by atoms with Crippen molar-refractivity contribution < 1.29 is 4.74 Å². The Morgan fingerprint density at radius 2 is 0.718 bits per heavy atom. The van der Waals surface area contributed by atoms with Gasteiger partial charge in [-0.2, -0.15) is 0 Å². The Labute approximate surface area is 233 Å². The first-order valence-corrected chi connectivity index (χ1v) is 15.7. The summed E-state index contributed by atoms with van der Waals surface area (Å²) >= 11 is 0. The molecule has 0 atom stereocenters. The van der Waals surface area contributed by atoms with Gasteiger partial charge in [-0.15, -0.1) is 0 Å². The second-order valence-corrected chi connectivity index (χ2v) is 13.4. The van der Waals surface area contributed by atoms with Crippen LogP contribution in [0.5, 0.6) is 11.5 Å². The minimum absolute atomic E-state index is 0.835. The fourth-order valence-corrected chi connectivity index (χ4v) is 10.1. The molecule has 0 saturated heterocycles. The van der Waals surface area contributed by atoms with Crippen LogP contribution in [0.4, 0.5) is 0 Å². The van der Waals surface area contributed by atoms with Crippen LogP contribution in [-0.2, 0) is 0 Å². The van der Waals surface area contributed by atoms with Crippen molar-refractivity contribution in [2.24, 2.45) is 0 Å². The van der Waals surface area contributed by atoms with Crippen LogP contribution in [0.15, 0.2) is 170 Å². The molecule has 0 bridgehead atoms. The Morgan fingerprint density at radius 3 is 1.15 bits per heavy atom. The van der Waals surface area contributed by atoms with E-state index in [0.29, 0.717) is 0 Å². The zero-order valence-corrected chi connectivity index (χ0v) is 23.3. The molecule has 6 aromatic carbocycles. The van der Waals surface area contributed by atoms with Gasteiger partial charge in [-0.1, -0.05) is 152 Å². The van der Waals surface area contributed by atoms with E-state index in [1.165, 1.54) is 31.8 Å². The third kappa shape index (κ3) is 5.71. The molecule has 0 fully saturated rings. The monoisotopic (exact) mass is 538 g/mol. The average molecular weight is 539 g/mol. The van der Waals surface area contributed by atoms with Crippen LogP contribution in [0.2, 0.25) is 0 Å². The minimum Gasteiger partial charge on any atom is -0.457 e. The topological polar surface area (TPSA) is 9.23 Å². The molecule has 6 aromatic rings. The van der Waals surface area contributed by atoms with Crippen LogP contribution in [-0.4, -0.2) is 0 Å². The summed E-state index contributed by atoms with van der Waals surface area (Å²) in [5.41, 5.74) is 0. The first-order chi connectivity index (χ1) is 19.4. The molecule has 188 valence electrons. The number of rotatable bonds is 8. The SMILES string of the molecule is c1ccc(Oc2cccc(P(c3ccccc3)c3ccccc3)c2P(c2ccccc2)c2ccccc2)cc1. The highest BCUT2D eigenvalue weighted by Gasteiger charge is 2.29. The predicted molar refractivity (Wildman–Crippen MR) is 170 cm³/mol. The lowest BCUT2D eigenvalue weighted by molar-refractivity contribution is 0.487. The molecule has 0 N–H and O–H groups in total. The Kier molecular flexibility index (Phi) is 7.92. The van der Waals surface area contributed by atoms with Crippen LogP contribution in [0.1, 0.15) is 0 Å². The van der Waals surface area contributed by atoms with E-state index in [9.17, 15) is 0 Å². The fraction of sp³-hybridized carbons (Fsp3) is 0. The third-order valence-electron chi connectivity index (χ3n) is 6.47. The first-order valence-electron chi connectivity index (χ1n) is 13.0. The van der Waals surface area contributed by atoms with E-state index in [4.69, 9.17) is 4.74 Å². The van der Waals surface area contributed by atoms with Crippen molar-refractivity contribution in [2.75, 3.05) is 0 Å². The molecule has 1 nitrogen and oxygen atoms in total. The molecule has 0 radical (unpaired) electrons. The molecule has 0 aliphatic carbocycles. The van der Waals surface area contributed by atoms with Gasteiger partial charge in [-0.05, 0) is 60.6 Å². The van der Waals surface area contributed by atoms with Crippen LogP contribution in [0, 0.1) is 0 Å². The highest BCUT2D eigenvalue weighted by Crippen LogP contribution is 2.42. The van der Waals surface area contributed by atoms with Gasteiger partial charge < -0.3 is 4.74 Å². The van der Waals surface area contributed by atoms with Gasteiger partial charge in [0, 0.05) is 5.30 Å². The molecule has 0 saturated carbocycles. The highest BCUT2D eigenvalue weighted by molar-refractivity contribution is 7.85. The van der Waals surface area contributed by atoms with Crippen molar-refractivity contribution >= 4 is 47.7 Å². The number of hydrogen-bond acceptors (Lipinski definition) is 1. The van der Waals surface area contributed by atoms with E-state index in [-0.39, 0.29) is 0 Å². The van der Waals surface area contributed by atoms with Gasteiger partial charge in [0.15, 0.2) is 0 Å². The van der Waals surface area contributed by atoms with E-state index in [1.54, 1.807) is 0 Å². The van der Waals surface area contributed by atoms with Gasteiger partial charge in [-0.3, -0.25) is 0 Å². The van der Waals surface area contributed by atoms with Crippen LogP contribution in [0.3, 0.4) is 0 Å². The molecule has 39 heavy (non-hydrogen) atoms. The smallest absolute Gasteiger partial charge is 0.136 e. The fourth-order valence-electron chi connectivity index (χ4n) is 4.76. The molecule has 0 aliphatic rings. The number of hydrogen-bond donors (Lipinski definition) is 0. The summed E-state index contributed by atoms with van der Waals surface area (Å²) in [5, 5.41) is 7.86. The largest absolute Gasteiger partial charge is 0.457 e. The molecule has 0 unspecified atom stereocenters. The maximum absolute atomic E-state index is 6.72. The molecule has 0 amide bonds. The third-order valence-corrected chi connectivity index (χ3v) is 11.7. The van der Waals surface area contributed by atoms with Crippen LogP contribution < -0.4 is 36.6 Å². The molecule has 0 aromatic heterocycles. The van der Waals surface area contributed by atoms with Gasteiger partial charge in [0.2, 0.25) is 0 Å². The molecule has 6 rings (SSSR count). The summed E-state index contributed by atoms with van der Waals surface area (Å²) in [7, 11) is -1.74. The highest BCUT2D eigenvalue weighted by atomic mass is 31.1. The van der Waals surface area contributed by atoms with E-state index >= 15 is 0 Å². The van der Waals surface area contributed by atoms with Crippen molar-refractivity contribution in [1.82, 2.24) is 0 Å². The quantitative estimate of drug-likeness (QED) is 0.190. The maximum atomic E-state index is 6.72. The molecule has 0 heterocycles. The molecule has 0 aliphatic heterocycles. The van der Waals surface area contributed by atoms with Crippen molar-refractivity contribution in [3.05, 3.63) is 170 Å². The van der Waals surface area contributed by atoms with Crippen LogP contribution >= 0.6 is 15.8 Å². The Balaban J connectivity index is 1.65. The number of para-hydroxylation sites is 1. The molecular formula is C36H28OP2. The second-order valence-electron chi connectivity index (χ2n) is 9.05. The summed E-state index contributed by atoms with van der Waals surface area (Å²) in [5.74, 6) is 1.76. The van der Waals surface area contributed by atoms with E-state index in [2.05, 4.69) is 140 Å². The number of benzene rings is 6. The minimum atomic E-state index is -0.906. The predicted octanol–water partition coefficient (Wildman–Crippen LogP) is 7.00. The molecule has 0 spiro atoms. The van der Waals surface area contributed by atoms with Crippen molar-refractivity contribution in [3.8, 4) is 11.5 Å². The van der Waals surface area contributed by atoms with Gasteiger partial charge in [0.1, 0.15) is 11.5 Å². The summed E-state index contributed by atoms with van der Waals surface area (Å²) < 4.78 is 6.72. The number of ether oxygens (including phenoxy) is 1. The maximum Gasteiger partial charge on any atom is 0.136 e. The lowest BCUT2D eigenvalue weighted by Crippen LogP contribution is -2.35. The average Bonchev–Trinajstić information content (AvgIpc) is 3.01. The van der Waals surface area contributed by atoms with Gasteiger partial charge in [0.25, 0.3) is 0 Å². The normalized spacial score (nSPS) is 11.0. The van der Waals surface area contributed by atoms with Crippen molar-refractivity contribution in [3.63, 3.8) is 0 Å². The van der Waals surface area contributed by atoms with Gasteiger partial charge >= 0.3 is 0 Å². The standard InChI is InChI=1S/C36H28OP2/c1-6-17-29(18-7-1)37-34-27-16-28-35(38(30-19-8-2-9-20-30)31-21-10-3-11-22-31)36(34)39(32-23-12-4-13-24-32)33-25-14-5-15-26-33/h1-28H. The van der Waals surface area contributed by atoms with E-state index in [0.717, 1.165) is 11.5 Å². The summed E-state index contributed by atoms with van der Waals surface area (Å²) in [6.45, 7) is 0. The Hall–Kier alpha value is -4.02. The lowest BCUT2D eigenvalue weighted by atomic mass is 10.3. The van der Waals surface area contributed by atoms with Crippen molar-refractivity contribution in [2.45, 2.75) is 0 Å². The van der Waals surface area contributed by atoms with E-state index in [1.807, 2.05) is 30.3 Å². The zero-order chi connectivity index (χ0) is 26.3. The Morgan fingerprint density at radius 1 is 0.333 bits per heavy atom. The second kappa shape index (κ2) is 12.2. The first kappa shape index (κ1) is 25.3. The molecular weight excluding hydrogens is 510 g/mol. The van der Waals surface area contributed by atoms with Crippen LogP contribution in [0.25, 0.3) is 0 Å². The summed E-state index contributed by atoms with van der Waals surface area (Å²) in [4.78, 5) is 0. The van der Waals surface area contributed by atoms with E-state index < -0.39 is 15.8 Å². The zero-order valence-electron chi connectivity index (χ0n) is 21.5. The van der Waals surface area contributed by atoms with Gasteiger partial charge in [-0.25, -0.2) is 0 Å². The Bertz CT molecular complexity index is 1530. The summed E-state index contributed by atoms with van der Waals surface area (Å²) in [6, 6.07) is 60.4. The lowest BCUT2D eigenvalue weighted by Gasteiger charge is -2.29. The summed E-state index contributed by atoms with van der Waals surface area (Å²) in [6.07, 6.45) is 0. The van der Waals surface area contributed by atoms with Gasteiger partial charge in [0.05, 0.1) is 0 Å².